The number of carbonyl (C=O) groups excluding carboxylic acids is 1. The normalized spacial score (nSPS) is 17.3. The number of carboxylic acid groups (broad SMARTS) is 1. The minimum atomic E-state index is -5.04. The van der Waals surface area contributed by atoms with Crippen molar-refractivity contribution < 1.29 is 70.5 Å². The number of carbonyl (C=O) groups is 1. The van der Waals surface area contributed by atoms with E-state index in [4.69, 9.17) is 0 Å². The number of aryl methyl sites for hydroxylation is 1. The van der Waals surface area contributed by atoms with E-state index in [1.54, 1.807) is 0 Å². The Morgan fingerprint density at radius 3 is 2.21 bits per heavy atom. The molecule has 1 atom stereocenters. The predicted octanol–water partition coefficient (Wildman–Crippen LogP) is -0.272. The zero-order valence-electron chi connectivity index (χ0n) is 12.5. The van der Waals surface area contributed by atoms with Crippen molar-refractivity contribution in [2.75, 3.05) is 0 Å². The van der Waals surface area contributed by atoms with Gasteiger partial charge in [0.05, 0.1) is 11.5 Å². The molecule has 126 valence electrons. The van der Waals surface area contributed by atoms with E-state index in [2.05, 4.69) is 4.74 Å². The second-order valence-electron chi connectivity index (χ2n) is 4.83. The molecule has 0 aromatic heterocycles. The Hall–Kier alpha value is -1.19. The maximum Gasteiger partial charge on any atom is 1.00 e. The summed E-state index contributed by atoms with van der Waals surface area (Å²) in [6.07, 6.45) is -12.1. The van der Waals surface area contributed by atoms with E-state index >= 15 is 0 Å². The first-order valence-corrected chi connectivity index (χ1v) is 6.35. The fourth-order valence-electron chi connectivity index (χ4n) is 2.22. The quantitative estimate of drug-likeness (QED) is 0.538. The Morgan fingerprint density at radius 1 is 1.21 bits per heavy atom. The van der Waals surface area contributed by atoms with Crippen molar-refractivity contribution in [1.82, 2.24) is 0 Å². The number of halogens is 6. The van der Waals surface area contributed by atoms with Crippen LogP contribution in [0.25, 0.3) is 6.08 Å². The summed E-state index contributed by atoms with van der Waals surface area (Å²) in [6, 6.07) is 1.23. The summed E-state index contributed by atoms with van der Waals surface area (Å²) in [7, 11) is 0. The average Bonchev–Trinajstić information content (AvgIpc) is 2.42. The molecule has 0 amide bonds. The Bertz CT molecular complexity index is 678. The van der Waals surface area contributed by atoms with Crippen molar-refractivity contribution in [3.8, 4) is 5.75 Å². The number of carboxylic acids is 1. The molecule has 0 unspecified atom stereocenters. The number of rotatable bonds is 2. The van der Waals surface area contributed by atoms with Gasteiger partial charge in [0.25, 0.3) is 0 Å². The van der Waals surface area contributed by atoms with Gasteiger partial charge in [-0.2, -0.15) is 26.3 Å². The van der Waals surface area contributed by atoms with Crippen molar-refractivity contribution >= 4 is 12.0 Å². The van der Waals surface area contributed by atoms with Gasteiger partial charge in [-0.3, -0.25) is 0 Å². The number of hydrogen-bond donors (Lipinski definition) is 0. The molecule has 0 spiro atoms. The Kier molecular flexibility index (Phi) is 6.06. The van der Waals surface area contributed by atoms with E-state index in [1.165, 1.54) is 6.92 Å². The molecular formula is C14H9F6NaO3. The molecule has 1 heterocycles. The largest absolute Gasteiger partial charge is 1.00 e. The third-order valence-corrected chi connectivity index (χ3v) is 3.26. The molecule has 1 aromatic carbocycles. The summed E-state index contributed by atoms with van der Waals surface area (Å²) in [5, 5.41) is 10.9. The van der Waals surface area contributed by atoms with E-state index in [1.807, 2.05) is 0 Å². The molecule has 2 rings (SSSR count). The number of aliphatic carboxylic acids is 1. The van der Waals surface area contributed by atoms with Crippen LogP contribution in [0.1, 0.15) is 23.6 Å². The van der Waals surface area contributed by atoms with Crippen LogP contribution in [0.3, 0.4) is 0 Å². The molecule has 0 fully saturated rings. The summed E-state index contributed by atoms with van der Waals surface area (Å²) >= 11 is 0. The van der Waals surface area contributed by atoms with Gasteiger partial charge in [-0.1, -0.05) is 6.92 Å². The third-order valence-electron chi connectivity index (χ3n) is 3.26. The zero-order chi connectivity index (χ0) is 17.6. The van der Waals surface area contributed by atoms with Crippen LogP contribution in [0.4, 0.5) is 26.3 Å². The Morgan fingerprint density at radius 2 is 1.79 bits per heavy atom. The molecule has 1 aliphatic rings. The standard InChI is InChI=1S/C14H10F6O3.Na/c1-2-6-3-8(13(15,16)17)4-7-5-9(12(21)22)11(14(18,19)20)23-10(6)7;/h3-5,11H,2H2,1H3,(H,21,22);/q;+1/p-1/t11-;/m1./s1. The van der Waals surface area contributed by atoms with E-state index in [0.717, 1.165) is 0 Å². The Labute approximate surface area is 154 Å². The third kappa shape index (κ3) is 4.07. The molecule has 1 aliphatic heterocycles. The number of hydrogen-bond acceptors (Lipinski definition) is 3. The SMILES string of the molecule is CCc1cc(C(F)(F)F)cc2c1O[C@@H](C(F)(F)F)C(C(=O)[O-])=C2.[Na+]. The monoisotopic (exact) mass is 362 g/mol. The van der Waals surface area contributed by atoms with Gasteiger partial charge in [-0.25, -0.2) is 0 Å². The van der Waals surface area contributed by atoms with Gasteiger partial charge in [-0.05, 0) is 30.2 Å². The second-order valence-corrected chi connectivity index (χ2v) is 4.83. The summed E-state index contributed by atoms with van der Waals surface area (Å²) < 4.78 is 81.9. The van der Waals surface area contributed by atoms with Crippen LogP contribution in [-0.4, -0.2) is 18.2 Å². The van der Waals surface area contributed by atoms with Crippen molar-refractivity contribution in [3.63, 3.8) is 0 Å². The molecular weight excluding hydrogens is 353 g/mol. The number of benzene rings is 1. The molecule has 1 aromatic rings. The second kappa shape index (κ2) is 6.97. The van der Waals surface area contributed by atoms with Crippen LogP contribution in [0, 0.1) is 0 Å². The number of ether oxygens (including phenoxy) is 1. The first-order chi connectivity index (χ1) is 10.4. The van der Waals surface area contributed by atoms with Crippen LogP contribution in [-0.2, 0) is 17.4 Å². The van der Waals surface area contributed by atoms with E-state index in [-0.39, 0.29) is 47.1 Å². The van der Waals surface area contributed by atoms with E-state index < -0.39 is 41.3 Å². The molecule has 0 saturated heterocycles. The molecule has 0 saturated carbocycles. The smallest absolute Gasteiger partial charge is 0.545 e. The van der Waals surface area contributed by atoms with Crippen LogP contribution in [0.15, 0.2) is 17.7 Å². The fraction of sp³-hybridized carbons (Fsp3) is 0.357. The predicted molar refractivity (Wildman–Crippen MR) is 64.3 cm³/mol. The van der Waals surface area contributed by atoms with Crippen LogP contribution >= 0.6 is 0 Å². The minimum Gasteiger partial charge on any atom is -0.545 e. The van der Waals surface area contributed by atoms with Crippen LogP contribution in [0.5, 0.6) is 5.75 Å². The van der Waals surface area contributed by atoms with Crippen LogP contribution < -0.4 is 39.4 Å². The molecule has 0 N–H and O–H groups in total. The Balaban J connectivity index is 0.00000288. The van der Waals surface area contributed by atoms with Crippen molar-refractivity contribution in [1.29, 1.82) is 0 Å². The van der Waals surface area contributed by atoms with Crippen molar-refractivity contribution in [3.05, 3.63) is 34.4 Å². The van der Waals surface area contributed by atoms with Gasteiger partial charge < -0.3 is 14.6 Å². The minimum absolute atomic E-state index is 0. The first-order valence-electron chi connectivity index (χ1n) is 6.35. The summed E-state index contributed by atoms with van der Waals surface area (Å²) in [4.78, 5) is 10.9. The topological polar surface area (TPSA) is 49.4 Å². The summed E-state index contributed by atoms with van der Waals surface area (Å²) in [5.41, 5.74) is -2.85. The molecule has 3 nitrogen and oxygen atoms in total. The first kappa shape index (κ1) is 20.9. The van der Waals surface area contributed by atoms with Gasteiger partial charge in [-0.15, -0.1) is 0 Å². The van der Waals surface area contributed by atoms with Crippen LogP contribution in [0.2, 0.25) is 0 Å². The molecule has 0 radical (unpaired) electrons. The molecule has 10 heteroatoms. The summed E-state index contributed by atoms with van der Waals surface area (Å²) in [6.45, 7) is 1.44. The van der Waals surface area contributed by atoms with Crippen molar-refractivity contribution in [2.45, 2.75) is 31.8 Å². The summed E-state index contributed by atoms with van der Waals surface area (Å²) in [5.74, 6) is -2.57. The average molecular weight is 362 g/mol. The maximum atomic E-state index is 12.9. The number of alkyl halides is 6. The van der Waals surface area contributed by atoms with Crippen molar-refractivity contribution in [2.24, 2.45) is 0 Å². The zero-order valence-corrected chi connectivity index (χ0v) is 14.5. The van der Waals surface area contributed by atoms with Gasteiger partial charge in [0.1, 0.15) is 5.75 Å². The maximum absolute atomic E-state index is 12.9. The number of fused-ring (bicyclic) bond motifs is 1. The molecule has 0 aliphatic carbocycles. The molecule has 0 bridgehead atoms. The van der Waals surface area contributed by atoms with Gasteiger partial charge >= 0.3 is 41.9 Å². The van der Waals surface area contributed by atoms with Gasteiger partial charge in [0, 0.05) is 11.1 Å². The van der Waals surface area contributed by atoms with Gasteiger partial charge in [0.15, 0.2) is 0 Å². The van der Waals surface area contributed by atoms with Gasteiger partial charge in [0.2, 0.25) is 6.10 Å². The van der Waals surface area contributed by atoms with E-state index in [0.29, 0.717) is 18.2 Å². The van der Waals surface area contributed by atoms with E-state index in [9.17, 15) is 36.2 Å². The fourth-order valence-corrected chi connectivity index (χ4v) is 2.22. The molecule has 24 heavy (non-hydrogen) atoms.